The highest BCUT2D eigenvalue weighted by Crippen LogP contribution is 2.28. The van der Waals surface area contributed by atoms with Crippen molar-refractivity contribution in [3.63, 3.8) is 0 Å². The molecule has 0 spiro atoms. The number of aromatic amines is 1. The molecular formula is C14H13N5OS. The molecule has 3 aromatic rings. The Morgan fingerprint density at radius 3 is 2.81 bits per heavy atom. The Morgan fingerprint density at radius 1 is 1.29 bits per heavy atom. The molecule has 2 aromatic heterocycles. The number of hydrogen-bond donors (Lipinski definition) is 3. The number of amides is 1. The SMILES string of the molecule is NCC(=O)Nc1nc(-c2cccc(-c3cc[nH]n3)c2)cs1. The molecule has 0 atom stereocenters. The number of benzene rings is 1. The summed E-state index contributed by atoms with van der Waals surface area (Å²) in [4.78, 5) is 15.6. The lowest BCUT2D eigenvalue weighted by molar-refractivity contribution is -0.114. The van der Waals surface area contributed by atoms with Gasteiger partial charge < -0.3 is 11.1 Å². The predicted octanol–water partition coefficient (Wildman–Crippen LogP) is 2.10. The van der Waals surface area contributed by atoms with E-state index in [1.165, 1.54) is 11.3 Å². The van der Waals surface area contributed by atoms with Crippen LogP contribution in [0.1, 0.15) is 0 Å². The van der Waals surface area contributed by atoms with Crippen molar-refractivity contribution >= 4 is 22.4 Å². The van der Waals surface area contributed by atoms with Crippen LogP contribution in [-0.4, -0.2) is 27.6 Å². The van der Waals surface area contributed by atoms with Crippen molar-refractivity contribution in [1.82, 2.24) is 15.2 Å². The van der Waals surface area contributed by atoms with Gasteiger partial charge in [0.15, 0.2) is 5.13 Å². The molecule has 4 N–H and O–H groups in total. The number of anilines is 1. The van der Waals surface area contributed by atoms with E-state index < -0.39 is 0 Å². The summed E-state index contributed by atoms with van der Waals surface area (Å²) < 4.78 is 0. The molecule has 21 heavy (non-hydrogen) atoms. The van der Waals surface area contributed by atoms with Crippen LogP contribution < -0.4 is 11.1 Å². The summed E-state index contributed by atoms with van der Waals surface area (Å²) in [6.45, 7) is -0.0520. The molecule has 2 heterocycles. The lowest BCUT2D eigenvalue weighted by Crippen LogP contribution is -2.21. The zero-order chi connectivity index (χ0) is 14.7. The second kappa shape index (κ2) is 5.86. The van der Waals surface area contributed by atoms with Gasteiger partial charge in [-0.1, -0.05) is 18.2 Å². The number of nitrogens with two attached hydrogens (primary N) is 1. The number of rotatable bonds is 4. The van der Waals surface area contributed by atoms with Gasteiger partial charge in [-0.3, -0.25) is 9.89 Å². The molecule has 0 saturated carbocycles. The van der Waals surface area contributed by atoms with Crippen molar-refractivity contribution in [3.8, 4) is 22.5 Å². The van der Waals surface area contributed by atoms with Crippen molar-refractivity contribution in [3.05, 3.63) is 41.9 Å². The van der Waals surface area contributed by atoms with E-state index in [1.807, 2.05) is 35.7 Å². The van der Waals surface area contributed by atoms with Gasteiger partial charge in [0.2, 0.25) is 5.91 Å². The molecule has 0 bridgehead atoms. The van der Waals surface area contributed by atoms with E-state index in [2.05, 4.69) is 20.5 Å². The van der Waals surface area contributed by atoms with Crippen LogP contribution in [0.5, 0.6) is 0 Å². The van der Waals surface area contributed by atoms with E-state index >= 15 is 0 Å². The minimum absolute atomic E-state index is 0.0520. The van der Waals surface area contributed by atoms with Gasteiger partial charge in [0.25, 0.3) is 0 Å². The normalized spacial score (nSPS) is 10.5. The molecular weight excluding hydrogens is 286 g/mol. The summed E-state index contributed by atoms with van der Waals surface area (Å²) in [5.74, 6) is -0.249. The van der Waals surface area contributed by atoms with Gasteiger partial charge in [-0.2, -0.15) is 5.10 Å². The summed E-state index contributed by atoms with van der Waals surface area (Å²) in [6.07, 6.45) is 1.78. The standard InChI is InChI=1S/C14H13N5OS/c15-7-13(20)18-14-17-12(8-21-14)10-3-1-2-9(6-10)11-4-5-16-19-11/h1-6,8H,7,15H2,(H,16,19)(H,17,18,20). The van der Waals surface area contributed by atoms with Crippen molar-refractivity contribution in [2.45, 2.75) is 0 Å². The van der Waals surface area contributed by atoms with Crippen LogP contribution in [0.25, 0.3) is 22.5 Å². The zero-order valence-corrected chi connectivity index (χ0v) is 11.9. The van der Waals surface area contributed by atoms with Crippen molar-refractivity contribution in [1.29, 1.82) is 0 Å². The third-order valence-corrected chi connectivity index (χ3v) is 3.65. The van der Waals surface area contributed by atoms with Crippen LogP contribution in [0.2, 0.25) is 0 Å². The van der Waals surface area contributed by atoms with Gasteiger partial charge in [-0.15, -0.1) is 11.3 Å². The second-order valence-electron chi connectivity index (χ2n) is 4.33. The van der Waals surface area contributed by atoms with Crippen LogP contribution >= 0.6 is 11.3 Å². The number of carbonyl (C=O) groups is 1. The predicted molar refractivity (Wildman–Crippen MR) is 82.8 cm³/mol. The number of H-pyrrole nitrogens is 1. The van der Waals surface area contributed by atoms with E-state index in [9.17, 15) is 4.79 Å². The summed E-state index contributed by atoms with van der Waals surface area (Å²) in [5, 5.41) is 12.1. The molecule has 0 aliphatic rings. The first kappa shape index (κ1) is 13.5. The largest absolute Gasteiger partial charge is 0.322 e. The number of aromatic nitrogens is 3. The average Bonchev–Trinajstić information content (AvgIpc) is 3.19. The van der Waals surface area contributed by atoms with Gasteiger partial charge in [0.05, 0.1) is 17.9 Å². The maximum atomic E-state index is 11.3. The van der Waals surface area contributed by atoms with E-state index in [0.717, 1.165) is 22.5 Å². The Kier molecular flexibility index (Phi) is 3.76. The summed E-state index contributed by atoms with van der Waals surface area (Å²) in [6, 6.07) is 9.84. The number of hydrogen-bond acceptors (Lipinski definition) is 5. The molecule has 3 rings (SSSR count). The first-order chi connectivity index (χ1) is 10.3. The lowest BCUT2D eigenvalue weighted by atomic mass is 10.1. The fourth-order valence-corrected chi connectivity index (χ4v) is 2.63. The van der Waals surface area contributed by atoms with Crippen LogP contribution in [0.3, 0.4) is 0 Å². The summed E-state index contributed by atoms with van der Waals surface area (Å²) in [5.41, 5.74) is 8.94. The Hall–Kier alpha value is -2.51. The fourth-order valence-electron chi connectivity index (χ4n) is 1.89. The van der Waals surface area contributed by atoms with E-state index in [0.29, 0.717) is 5.13 Å². The molecule has 7 heteroatoms. The average molecular weight is 299 g/mol. The first-order valence-electron chi connectivity index (χ1n) is 6.32. The molecule has 0 aliphatic heterocycles. The van der Waals surface area contributed by atoms with E-state index in [-0.39, 0.29) is 12.5 Å². The maximum absolute atomic E-state index is 11.3. The Labute approximate surface area is 125 Å². The smallest absolute Gasteiger partial charge is 0.239 e. The van der Waals surface area contributed by atoms with Crippen molar-refractivity contribution in [2.75, 3.05) is 11.9 Å². The molecule has 6 nitrogen and oxygen atoms in total. The summed E-state index contributed by atoms with van der Waals surface area (Å²) >= 11 is 1.37. The number of nitrogens with zero attached hydrogens (tertiary/aromatic N) is 2. The second-order valence-corrected chi connectivity index (χ2v) is 5.19. The van der Waals surface area contributed by atoms with Gasteiger partial charge in [0, 0.05) is 22.7 Å². The van der Waals surface area contributed by atoms with Crippen LogP contribution in [0, 0.1) is 0 Å². The highest BCUT2D eigenvalue weighted by atomic mass is 32.1. The van der Waals surface area contributed by atoms with Gasteiger partial charge >= 0.3 is 0 Å². The molecule has 0 radical (unpaired) electrons. The van der Waals surface area contributed by atoms with Gasteiger partial charge in [-0.25, -0.2) is 4.98 Å². The minimum atomic E-state index is -0.249. The number of nitrogens with one attached hydrogen (secondary N) is 2. The molecule has 106 valence electrons. The Bertz CT molecular complexity index is 750. The topological polar surface area (TPSA) is 96.7 Å². The minimum Gasteiger partial charge on any atom is -0.322 e. The Balaban J connectivity index is 1.87. The molecule has 0 fully saturated rings. The third kappa shape index (κ3) is 2.99. The van der Waals surface area contributed by atoms with Crippen LogP contribution in [0.4, 0.5) is 5.13 Å². The number of thiazole rings is 1. The van der Waals surface area contributed by atoms with Crippen molar-refractivity contribution < 1.29 is 4.79 Å². The van der Waals surface area contributed by atoms with Crippen LogP contribution in [0.15, 0.2) is 41.9 Å². The molecule has 0 aliphatic carbocycles. The molecule has 1 aromatic carbocycles. The monoisotopic (exact) mass is 299 g/mol. The van der Waals surface area contributed by atoms with Crippen molar-refractivity contribution in [2.24, 2.45) is 5.73 Å². The molecule has 1 amide bonds. The maximum Gasteiger partial charge on any atom is 0.239 e. The Morgan fingerprint density at radius 2 is 2.10 bits per heavy atom. The first-order valence-corrected chi connectivity index (χ1v) is 7.20. The highest BCUT2D eigenvalue weighted by Gasteiger charge is 2.08. The lowest BCUT2D eigenvalue weighted by Gasteiger charge is -2.01. The molecule has 0 saturated heterocycles. The number of carbonyl (C=O) groups excluding carboxylic acids is 1. The molecule has 0 unspecified atom stereocenters. The van der Waals surface area contributed by atoms with Gasteiger partial charge in [-0.05, 0) is 12.1 Å². The van der Waals surface area contributed by atoms with E-state index in [1.54, 1.807) is 6.20 Å². The highest BCUT2D eigenvalue weighted by molar-refractivity contribution is 7.14. The fraction of sp³-hybridized carbons (Fsp3) is 0.0714. The summed E-state index contributed by atoms with van der Waals surface area (Å²) in [7, 11) is 0. The quantitative estimate of drug-likeness (QED) is 0.687. The zero-order valence-electron chi connectivity index (χ0n) is 11.0. The van der Waals surface area contributed by atoms with E-state index in [4.69, 9.17) is 5.73 Å². The third-order valence-electron chi connectivity index (χ3n) is 2.89. The van der Waals surface area contributed by atoms with Gasteiger partial charge in [0.1, 0.15) is 0 Å². The van der Waals surface area contributed by atoms with Crippen LogP contribution in [-0.2, 0) is 4.79 Å².